The van der Waals surface area contributed by atoms with Gasteiger partial charge in [-0.25, -0.2) is 8.78 Å². The van der Waals surface area contributed by atoms with Crippen LogP contribution in [0.2, 0.25) is 0 Å². The van der Waals surface area contributed by atoms with Gasteiger partial charge in [0.05, 0.1) is 0 Å². The molecule has 0 fully saturated rings. The molecule has 0 spiro atoms. The molecule has 2 amide bonds. The molecule has 0 bridgehead atoms. The van der Waals surface area contributed by atoms with Gasteiger partial charge >= 0.3 is 0 Å². The maximum atomic E-state index is 13.1. The van der Waals surface area contributed by atoms with Crippen LogP contribution < -0.4 is 15.6 Å². The van der Waals surface area contributed by atoms with E-state index in [1.165, 1.54) is 6.92 Å². The minimum atomic E-state index is -0.907. The number of hydrazine groups is 1. The lowest BCUT2D eigenvalue weighted by molar-refractivity contribution is -0.128. The molecule has 2 N–H and O–H groups in total. The topological polar surface area (TPSA) is 67.4 Å². The normalized spacial score (nSPS) is 11.7. The summed E-state index contributed by atoms with van der Waals surface area (Å²) in [4.78, 5) is 24.0. The predicted molar refractivity (Wildman–Crippen MR) is 96.0 cm³/mol. The standard InChI is InChI=1S/C20H16F2N2O3/c1-12(27-18-7-6-13-4-2-3-5-14(13)10-18)19(25)23-24-20(26)15-8-16(21)11-17(22)9-15/h2-12H,1H3,(H,23,25)(H,24,26). The van der Waals surface area contributed by atoms with Gasteiger partial charge in [-0.05, 0) is 42.0 Å². The molecule has 1 atom stereocenters. The highest BCUT2D eigenvalue weighted by Crippen LogP contribution is 2.21. The number of carbonyl (C=O) groups excluding carboxylic acids is 2. The van der Waals surface area contributed by atoms with E-state index in [4.69, 9.17) is 4.74 Å². The summed E-state index contributed by atoms with van der Waals surface area (Å²) in [7, 11) is 0. The van der Waals surface area contributed by atoms with Gasteiger partial charge in [0.1, 0.15) is 17.4 Å². The molecule has 27 heavy (non-hydrogen) atoms. The van der Waals surface area contributed by atoms with Crippen LogP contribution in [-0.4, -0.2) is 17.9 Å². The number of benzene rings is 3. The third-order valence-electron chi connectivity index (χ3n) is 3.83. The van der Waals surface area contributed by atoms with Crippen molar-refractivity contribution in [3.8, 4) is 5.75 Å². The molecule has 138 valence electrons. The van der Waals surface area contributed by atoms with Crippen LogP contribution in [0.15, 0.2) is 60.7 Å². The Morgan fingerprint density at radius 3 is 2.26 bits per heavy atom. The molecule has 0 aromatic heterocycles. The van der Waals surface area contributed by atoms with Crippen molar-refractivity contribution in [3.63, 3.8) is 0 Å². The molecular formula is C20H16F2N2O3. The molecule has 5 nitrogen and oxygen atoms in total. The molecule has 0 heterocycles. The van der Waals surface area contributed by atoms with Gasteiger partial charge in [0, 0.05) is 11.6 Å². The summed E-state index contributed by atoms with van der Waals surface area (Å²) in [5.74, 6) is -2.75. The highest BCUT2D eigenvalue weighted by molar-refractivity contribution is 5.95. The van der Waals surface area contributed by atoms with Crippen molar-refractivity contribution >= 4 is 22.6 Å². The highest BCUT2D eigenvalue weighted by atomic mass is 19.1. The Kier molecular flexibility index (Phi) is 5.30. The molecule has 7 heteroatoms. The molecule has 0 aliphatic rings. The molecule has 0 aliphatic heterocycles. The summed E-state index contributed by atoms with van der Waals surface area (Å²) in [5, 5.41) is 2.00. The van der Waals surface area contributed by atoms with Crippen molar-refractivity contribution in [1.82, 2.24) is 10.9 Å². The molecule has 1 unspecified atom stereocenters. The lowest BCUT2D eigenvalue weighted by atomic mass is 10.1. The number of hydrogen-bond acceptors (Lipinski definition) is 3. The van der Waals surface area contributed by atoms with Gasteiger partial charge in [-0.15, -0.1) is 0 Å². The number of rotatable bonds is 4. The van der Waals surface area contributed by atoms with E-state index in [2.05, 4.69) is 10.9 Å². The van der Waals surface area contributed by atoms with Crippen molar-refractivity contribution in [2.24, 2.45) is 0 Å². The van der Waals surface area contributed by atoms with Crippen LogP contribution in [0, 0.1) is 11.6 Å². The number of amides is 2. The molecule has 3 rings (SSSR count). The van der Waals surface area contributed by atoms with Crippen LogP contribution in [0.3, 0.4) is 0 Å². The van der Waals surface area contributed by atoms with Crippen molar-refractivity contribution in [2.45, 2.75) is 13.0 Å². The monoisotopic (exact) mass is 370 g/mol. The van der Waals surface area contributed by atoms with Crippen molar-refractivity contribution in [3.05, 3.63) is 77.9 Å². The summed E-state index contributed by atoms with van der Waals surface area (Å²) < 4.78 is 31.9. The molecule has 3 aromatic rings. The Morgan fingerprint density at radius 1 is 0.889 bits per heavy atom. The Bertz CT molecular complexity index is 987. The zero-order valence-corrected chi connectivity index (χ0v) is 14.3. The lowest BCUT2D eigenvalue weighted by Gasteiger charge is -2.15. The minimum Gasteiger partial charge on any atom is -0.481 e. The summed E-state index contributed by atoms with van der Waals surface area (Å²) in [6, 6.07) is 15.5. The Hall–Kier alpha value is -3.48. The molecule has 0 aliphatic carbocycles. The first-order valence-electron chi connectivity index (χ1n) is 8.14. The van der Waals surface area contributed by atoms with Crippen molar-refractivity contribution in [1.29, 1.82) is 0 Å². The van der Waals surface area contributed by atoms with E-state index in [9.17, 15) is 18.4 Å². The number of ether oxygens (including phenoxy) is 1. The Morgan fingerprint density at radius 2 is 1.56 bits per heavy atom. The fourth-order valence-corrected chi connectivity index (χ4v) is 2.48. The maximum absolute atomic E-state index is 13.1. The molecule has 0 saturated carbocycles. The summed E-state index contributed by atoms with van der Waals surface area (Å²) >= 11 is 0. The second kappa shape index (κ2) is 7.82. The molecule has 3 aromatic carbocycles. The number of hydrogen-bond donors (Lipinski definition) is 2. The molecule has 0 radical (unpaired) electrons. The largest absolute Gasteiger partial charge is 0.481 e. The van der Waals surface area contributed by atoms with Gasteiger partial charge in [0.2, 0.25) is 0 Å². The van der Waals surface area contributed by atoms with Crippen LogP contribution in [-0.2, 0) is 4.79 Å². The van der Waals surface area contributed by atoms with Gasteiger partial charge in [0.15, 0.2) is 6.10 Å². The number of carbonyl (C=O) groups is 2. The van der Waals surface area contributed by atoms with E-state index in [1.807, 2.05) is 30.3 Å². The van der Waals surface area contributed by atoms with Gasteiger partial charge < -0.3 is 4.74 Å². The fourth-order valence-electron chi connectivity index (χ4n) is 2.48. The van der Waals surface area contributed by atoms with Gasteiger partial charge in [0.25, 0.3) is 11.8 Å². The van der Waals surface area contributed by atoms with Crippen LogP contribution in [0.5, 0.6) is 5.75 Å². The van der Waals surface area contributed by atoms with Gasteiger partial charge in [-0.2, -0.15) is 0 Å². The predicted octanol–water partition coefficient (Wildman–Crippen LogP) is 3.35. The van der Waals surface area contributed by atoms with Crippen LogP contribution in [0.25, 0.3) is 10.8 Å². The van der Waals surface area contributed by atoms with Crippen molar-refractivity contribution < 1.29 is 23.1 Å². The third kappa shape index (κ3) is 4.58. The summed E-state index contributed by atoms with van der Waals surface area (Å²) in [5.41, 5.74) is 4.01. The first-order chi connectivity index (χ1) is 12.9. The SMILES string of the molecule is CC(Oc1ccc2ccccc2c1)C(=O)NNC(=O)c1cc(F)cc(F)c1. The molecular weight excluding hydrogens is 354 g/mol. The van der Waals surface area contributed by atoms with Crippen molar-refractivity contribution in [2.75, 3.05) is 0 Å². The highest BCUT2D eigenvalue weighted by Gasteiger charge is 2.16. The smallest absolute Gasteiger partial charge is 0.279 e. The number of fused-ring (bicyclic) bond motifs is 1. The first-order valence-corrected chi connectivity index (χ1v) is 8.14. The van der Waals surface area contributed by atoms with E-state index in [1.54, 1.807) is 12.1 Å². The zero-order valence-electron chi connectivity index (χ0n) is 14.3. The van der Waals surface area contributed by atoms with E-state index < -0.39 is 29.6 Å². The Balaban J connectivity index is 1.59. The second-order valence-electron chi connectivity index (χ2n) is 5.87. The Labute approximate surface area is 153 Å². The minimum absolute atomic E-state index is 0.254. The quantitative estimate of drug-likeness (QED) is 0.692. The van der Waals surface area contributed by atoms with E-state index in [0.29, 0.717) is 11.8 Å². The van der Waals surface area contributed by atoms with Crippen LogP contribution in [0.1, 0.15) is 17.3 Å². The van der Waals surface area contributed by atoms with Gasteiger partial charge in [-0.1, -0.05) is 30.3 Å². The fraction of sp³-hybridized carbons (Fsp3) is 0.100. The first kappa shape index (κ1) is 18.3. The number of nitrogens with one attached hydrogen (secondary N) is 2. The molecule has 0 saturated heterocycles. The van der Waals surface area contributed by atoms with Crippen LogP contribution in [0.4, 0.5) is 8.78 Å². The third-order valence-corrected chi connectivity index (χ3v) is 3.83. The van der Waals surface area contributed by atoms with E-state index in [-0.39, 0.29) is 5.56 Å². The summed E-state index contributed by atoms with van der Waals surface area (Å²) in [6.07, 6.45) is -0.907. The second-order valence-corrected chi connectivity index (χ2v) is 5.87. The number of halogens is 2. The summed E-state index contributed by atoms with van der Waals surface area (Å²) in [6.45, 7) is 1.51. The van der Waals surface area contributed by atoms with E-state index in [0.717, 1.165) is 22.9 Å². The van der Waals surface area contributed by atoms with Crippen LogP contribution >= 0.6 is 0 Å². The van der Waals surface area contributed by atoms with E-state index >= 15 is 0 Å². The van der Waals surface area contributed by atoms with Gasteiger partial charge in [-0.3, -0.25) is 20.4 Å². The lowest BCUT2D eigenvalue weighted by Crippen LogP contribution is -2.47. The average molecular weight is 370 g/mol. The average Bonchev–Trinajstić information content (AvgIpc) is 2.64. The maximum Gasteiger partial charge on any atom is 0.279 e. The zero-order chi connectivity index (χ0) is 19.4.